The monoisotopic (exact) mass is 320 g/mol. The van der Waals surface area contributed by atoms with E-state index in [1.807, 2.05) is 24.4 Å². The molecule has 0 amide bonds. The number of ketones is 1. The summed E-state index contributed by atoms with van der Waals surface area (Å²) in [5.74, 6) is 1.11. The highest BCUT2D eigenvalue weighted by molar-refractivity contribution is 5.96. The third-order valence-corrected chi connectivity index (χ3v) is 4.31. The second-order valence-corrected chi connectivity index (χ2v) is 5.88. The van der Waals surface area contributed by atoms with Crippen molar-refractivity contribution >= 4 is 11.6 Å². The molecule has 2 aromatic rings. The zero-order chi connectivity index (χ0) is 16.8. The second-order valence-electron chi connectivity index (χ2n) is 5.88. The van der Waals surface area contributed by atoms with Crippen molar-refractivity contribution in [3.8, 4) is 6.07 Å². The molecule has 24 heavy (non-hydrogen) atoms. The minimum atomic E-state index is 0.0965. The van der Waals surface area contributed by atoms with Gasteiger partial charge < -0.3 is 4.90 Å². The van der Waals surface area contributed by atoms with Gasteiger partial charge in [0.1, 0.15) is 5.82 Å². The minimum absolute atomic E-state index is 0.0965. The Morgan fingerprint density at radius 3 is 2.67 bits per heavy atom. The number of anilines is 1. The zero-order valence-electron chi connectivity index (χ0n) is 13.6. The van der Waals surface area contributed by atoms with Crippen molar-refractivity contribution in [3.05, 3.63) is 59.8 Å². The summed E-state index contributed by atoms with van der Waals surface area (Å²) in [5.41, 5.74) is 1.16. The fourth-order valence-corrected chi connectivity index (χ4v) is 2.91. The summed E-state index contributed by atoms with van der Waals surface area (Å²) < 4.78 is 0. The highest BCUT2D eigenvalue weighted by Gasteiger charge is 2.18. The first-order valence-electron chi connectivity index (χ1n) is 8.18. The van der Waals surface area contributed by atoms with Crippen LogP contribution in [0, 0.1) is 11.3 Å². The van der Waals surface area contributed by atoms with Crippen LogP contribution < -0.4 is 4.90 Å². The number of benzene rings is 1. The van der Waals surface area contributed by atoms with E-state index in [2.05, 4.69) is 20.9 Å². The lowest BCUT2D eigenvalue weighted by molar-refractivity contribution is 0.0962. The number of hydrogen-bond acceptors (Lipinski definition) is 5. The number of carbonyl (C=O) groups excluding carboxylic acids is 1. The maximum absolute atomic E-state index is 12.3. The Balaban J connectivity index is 1.48. The summed E-state index contributed by atoms with van der Waals surface area (Å²) >= 11 is 0. The van der Waals surface area contributed by atoms with Gasteiger partial charge in [0.2, 0.25) is 0 Å². The SMILES string of the molecule is N#Cc1cccc(C(=O)CCN2CCN(c3ccccn3)CC2)c1. The molecule has 0 spiro atoms. The van der Waals surface area contributed by atoms with E-state index in [1.165, 1.54) is 0 Å². The Morgan fingerprint density at radius 1 is 1.12 bits per heavy atom. The standard InChI is InChI=1S/C19H20N4O/c20-15-16-4-3-5-17(14-16)18(24)7-9-22-10-12-23(13-11-22)19-6-1-2-8-21-19/h1-6,8,14H,7,9-13H2. The van der Waals surface area contributed by atoms with Crippen LogP contribution in [0.1, 0.15) is 22.3 Å². The number of rotatable bonds is 5. The molecule has 1 fully saturated rings. The van der Waals surface area contributed by atoms with Crippen LogP contribution in [-0.4, -0.2) is 48.4 Å². The Hall–Kier alpha value is -2.71. The molecule has 0 radical (unpaired) electrons. The van der Waals surface area contributed by atoms with Gasteiger partial charge >= 0.3 is 0 Å². The number of nitrogens with zero attached hydrogens (tertiary/aromatic N) is 4. The maximum atomic E-state index is 12.3. The van der Waals surface area contributed by atoms with Gasteiger partial charge in [0.05, 0.1) is 11.6 Å². The third kappa shape index (κ3) is 3.98. The fourth-order valence-electron chi connectivity index (χ4n) is 2.91. The number of Topliss-reactive ketones (excluding diaryl/α,β-unsaturated/α-hetero) is 1. The number of hydrogen-bond donors (Lipinski definition) is 0. The van der Waals surface area contributed by atoms with Gasteiger partial charge in [-0.25, -0.2) is 4.98 Å². The Kier molecular flexibility index (Phi) is 5.19. The second kappa shape index (κ2) is 7.71. The lowest BCUT2D eigenvalue weighted by atomic mass is 10.1. The Morgan fingerprint density at radius 2 is 1.96 bits per heavy atom. The summed E-state index contributed by atoms with van der Waals surface area (Å²) in [6, 6.07) is 15.0. The normalized spacial score (nSPS) is 15.0. The highest BCUT2D eigenvalue weighted by Crippen LogP contribution is 2.13. The van der Waals surface area contributed by atoms with Gasteiger partial charge in [0, 0.05) is 50.9 Å². The van der Waals surface area contributed by atoms with Crippen LogP contribution in [0.5, 0.6) is 0 Å². The van der Waals surface area contributed by atoms with Gasteiger partial charge in [0.15, 0.2) is 5.78 Å². The number of aromatic nitrogens is 1. The van der Waals surface area contributed by atoms with Crippen LogP contribution in [0.4, 0.5) is 5.82 Å². The van der Waals surface area contributed by atoms with E-state index in [1.54, 1.807) is 24.3 Å². The Bertz CT molecular complexity index is 731. The van der Waals surface area contributed by atoms with Crippen molar-refractivity contribution in [2.45, 2.75) is 6.42 Å². The molecule has 0 bridgehead atoms. The molecule has 1 saturated heterocycles. The number of nitriles is 1. The predicted molar refractivity (Wildman–Crippen MR) is 93.0 cm³/mol. The van der Waals surface area contributed by atoms with Crippen molar-refractivity contribution in [1.82, 2.24) is 9.88 Å². The number of piperazine rings is 1. The van der Waals surface area contributed by atoms with Crippen LogP contribution in [0.2, 0.25) is 0 Å². The lowest BCUT2D eigenvalue weighted by Gasteiger charge is -2.35. The smallest absolute Gasteiger partial charge is 0.164 e. The average molecular weight is 320 g/mol. The zero-order valence-corrected chi connectivity index (χ0v) is 13.6. The summed E-state index contributed by atoms with van der Waals surface area (Å²) in [6.07, 6.45) is 2.30. The van der Waals surface area contributed by atoms with Gasteiger partial charge in [-0.05, 0) is 24.3 Å². The lowest BCUT2D eigenvalue weighted by Crippen LogP contribution is -2.47. The van der Waals surface area contributed by atoms with Gasteiger partial charge in [-0.15, -0.1) is 0 Å². The molecule has 1 aliphatic heterocycles. The van der Waals surface area contributed by atoms with Crippen molar-refractivity contribution in [2.75, 3.05) is 37.6 Å². The fraction of sp³-hybridized carbons (Fsp3) is 0.316. The molecule has 0 aliphatic carbocycles. The van der Waals surface area contributed by atoms with E-state index < -0.39 is 0 Å². The van der Waals surface area contributed by atoms with Crippen LogP contribution >= 0.6 is 0 Å². The van der Waals surface area contributed by atoms with E-state index in [9.17, 15) is 4.79 Å². The number of pyridine rings is 1. The van der Waals surface area contributed by atoms with E-state index >= 15 is 0 Å². The molecular formula is C19H20N4O. The first-order valence-corrected chi connectivity index (χ1v) is 8.18. The van der Waals surface area contributed by atoms with Gasteiger partial charge in [-0.1, -0.05) is 18.2 Å². The summed E-state index contributed by atoms with van der Waals surface area (Å²) in [7, 11) is 0. The largest absolute Gasteiger partial charge is 0.354 e. The summed E-state index contributed by atoms with van der Waals surface area (Å²) in [6.45, 7) is 4.47. The summed E-state index contributed by atoms with van der Waals surface area (Å²) in [4.78, 5) is 21.3. The van der Waals surface area contributed by atoms with E-state index in [0.717, 1.165) is 38.5 Å². The van der Waals surface area contributed by atoms with E-state index in [4.69, 9.17) is 5.26 Å². The van der Waals surface area contributed by atoms with Gasteiger partial charge in [-0.3, -0.25) is 9.69 Å². The molecule has 2 heterocycles. The molecule has 0 saturated carbocycles. The van der Waals surface area contributed by atoms with E-state index in [0.29, 0.717) is 17.5 Å². The van der Waals surface area contributed by atoms with Crippen molar-refractivity contribution in [2.24, 2.45) is 0 Å². The minimum Gasteiger partial charge on any atom is -0.354 e. The van der Waals surface area contributed by atoms with Crippen molar-refractivity contribution in [3.63, 3.8) is 0 Å². The van der Waals surface area contributed by atoms with Crippen LogP contribution in [0.15, 0.2) is 48.7 Å². The molecule has 1 aromatic carbocycles. The van der Waals surface area contributed by atoms with Crippen molar-refractivity contribution in [1.29, 1.82) is 5.26 Å². The molecule has 5 nitrogen and oxygen atoms in total. The molecular weight excluding hydrogens is 300 g/mol. The third-order valence-electron chi connectivity index (χ3n) is 4.31. The molecule has 122 valence electrons. The summed E-state index contributed by atoms with van der Waals surface area (Å²) in [5, 5.41) is 8.92. The van der Waals surface area contributed by atoms with Crippen molar-refractivity contribution < 1.29 is 4.79 Å². The van der Waals surface area contributed by atoms with E-state index in [-0.39, 0.29) is 5.78 Å². The molecule has 1 aromatic heterocycles. The maximum Gasteiger partial charge on any atom is 0.164 e. The average Bonchev–Trinajstić information content (AvgIpc) is 2.67. The molecule has 3 rings (SSSR count). The quantitative estimate of drug-likeness (QED) is 0.792. The van der Waals surface area contributed by atoms with Crippen LogP contribution in [0.3, 0.4) is 0 Å². The molecule has 0 atom stereocenters. The molecule has 0 N–H and O–H groups in total. The topological polar surface area (TPSA) is 60.2 Å². The molecule has 0 unspecified atom stereocenters. The number of carbonyl (C=O) groups is 1. The van der Waals surface area contributed by atoms with Gasteiger partial charge in [0.25, 0.3) is 0 Å². The van der Waals surface area contributed by atoms with Gasteiger partial charge in [-0.2, -0.15) is 5.26 Å². The predicted octanol–water partition coefficient (Wildman–Crippen LogP) is 2.35. The first kappa shape index (κ1) is 16.2. The van der Waals surface area contributed by atoms with Crippen LogP contribution in [0.25, 0.3) is 0 Å². The first-order chi connectivity index (χ1) is 11.8. The molecule has 5 heteroatoms. The Labute approximate surface area is 142 Å². The highest BCUT2D eigenvalue weighted by atomic mass is 16.1. The molecule has 1 aliphatic rings. The van der Waals surface area contributed by atoms with Crippen LogP contribution in [-0.2, 0) is 0 Å².